The Morgan fingerprint density at radius 2 is 1.88 bits per heavy atom. The average Bonchev–Trinajstić information content (AvgIpc) is 3.64. The molecule has 2 aromatic heterocycles. The zero-order valence-corrected chi connectivity index (χ0v) is 25.9. The Balaban J connectivity index is 0.00000329. The van der Waals surface area contributed by atoms with E-state index in [1.165, 1.54) is 16.8 Å². The topological polar surface area (TPSA) is 75.0 Å². The number of aryl methyl sites for hydroxylation is 2. The van der Waals surface area contributed by atoms with Crippen molar-refractivity contribution in [3.8, 4) is 40.0 Å². The molecule has 0 fully saturated rings. The van der Waals surface area contributed by atoms with Gasteiger partial charge in [0.15, 0.2) is 40.9 Å². The van der Waals surface area contributed by atoms with Gasteiger partial charge in [-0.15, -0.1) is 0 Å². The molecule has 224 valence electrons. The second-order valence-corrected chi connectivity index (χ2v) is 11.5. The molecule has 10 heteroatoms. The van der Waals surface area contributed by atoms with E-state index in [0.29, 0.717) is 13.2 Å². The van der Waals surface area contributed by atoms with E-state index in [4.69, 9.17) is 28.7 Å². The van der Waals surface area contributed by atoms with Crippen LogP contribution < -0.4 is 46.0 Å². The van der Waals surface area contributed by atoms with Gasteiger partial charge in [0.2, 0.25) is 12.5 Å². The van der Waals surface area contributed by atoms with E-state index in [1.54, 1.807) is 18.4 Å². The number of aromatic nitrogens is 2. The Morgan fingerprint density at radius 3 is 2.74 bits per heavy atom. The highest BCUT2D eigenvalue weighted by atomic mass is 35.5. The minimum absolute atomic E-state index is 0. The van der Waals surface area contributed by atoms with Crippen LogP contribution >= 0.6 is 11.3 Å². The van der Waals surface area contributed by atoms with E-state index in [9.17, 15) is 0 Å². The number of nitrogens with one attached hydrogen (secondary N) is 1. The molecule has 7 rings (SSSR count). The predicted molar refractivity (Wildman–Crippen MR) is 165 cm³/mol. The van der Waals surface area contributed by atoms with Gasteiger partial charge in [-0.2, -0.15) is 4.57 Å². The molecule has 0 amide bonds. The maximum absolute atomic E-state index is 6.38. The Labute approximate surface area is 260 Å². The molecular formula is C33H34ClN3O5S. The molecule has 0 saturated carbocycles. The van der Waals surface area contributed by atoms with Crippen molar-refractivity contribution in [3.05, 3.63) is 60.3 Å². The zero-order valence-electron chi connectivity index (χ0n) is 24.3. The second kappa shape index (κ2) is 12.7. The van der Waals surface area contributed by atoms with Crippen molar-refractivity contribution in [2.24, 2.45) is 0 Å². The van der Waals surface area contributed by atoms with Crippen LogP contribution in [-0.4, -0.2) is 38.6 Å². The van der Waals surface area contributed by atoms with Gasteiger partial charge >= 0.3 is 0 Å². The Morgan fingerprint density at radius 1 is 1.00 bits per heavy atom. The third-order valence-electron chi connectivity index (χ3n) is 7.81. The van der Waals surface area contributed by atoms with Crippen LogP contribution in [0.25, 0.3) is 32.2 Å². The lowest BCUT2D eigenvalue weighted by Gasteiger charge is -2.18. The van der Waals surface area contributed by atoms with Crippen molar-refractivity contribution in [3.63, 3.8) is 0 Å². The van der Waals surface area contributed by atoms with E-state index < -0.39 is 0 Å². The summed E-state index contributed by atoms with van der Waals surface area (Å²) < 4.78 is 32.4. The molecule has 0 aliphatic carbocycles. The smallest absolute Gasteiger partial charge is 0.231 e. The van der Waals surface area contributed by atoms with Crippen LogP contribution in [0.3, 0.4) is 0 Å². The van der Waals surface area contributed by atoms with E-state index in [0.717, 1.165) is 93.6 Å². The summed E-state index contributed by atoms with van der Waals surface area (Å²) in [5.74, 6) is 4.11. The number of unbranched alkanes of at least 4 members (excludes halogenated alkanes) is 2. The lowest BCUT2D eigenvalue weighted by Crippen LogP contribution is -3.00. The summed E-state index contributed by atoms with van der Waals surface area (Å²) in [5.41, 5.74) is 4.66. The predicted octanol–water partition coefficient (Wildman–Crippen LogP) is 3.76. The molecule has 4 heterocycles. The molecule has 0 unspecified atom stereocenters. The van der Waals surface area contributed by atoms with Crippen LogP contribution in [0.4, 0.5) is 5.13 Å². The first kappa shape index (κ1) is 29.1. The highest BCUT2D eigenvalue weighted by Gasteiger charge is 2.28. The molecule has 1 N–H and O–H groups in total. The monoisotopic (exact) mass is 619 g/mol. The van der Waals surface area contributed by atoms with E-state index in [2.05, 4.69) is 46.4 Å². The van der Waals surface area contributed by atoms with Crippen LogP contribution in [0.5, 0.6) is 28.7 Å². The van der Waals surface area contributed by atoms with E-state index in [1.807, 2.05) is 25.1 Å². The van der Waals surface area contributed by atoms with Crippen molar-refractivity contribution < 1.29 is 40.7 Å². The number of hydrogen-bond donors (Lipinski definition) is 1. The fraction of sp³-hybridized carbons (Fsp3) is 0.333. The van der Waals surface area contributed by atoms with Crippen molar-refractivity contribution in [1.29, 1.82) is 0 Å². The molecule has 0 atom stereocenters. The van der Waals surface area contributed by atoms with Gasteiger partial charge in [0.1, 0.15) is 5.75 Å². The van der Waals surface area contributed by atoms with Gasteiger partial charge in [-0.25, -0.2) is 4.98 Å². The molecule has 0 radical (unpaired) electrons. The summed E-state index contributed by atoms with van der Waals surface area (Å²) >= 11 is 1.66. The molecule has 2 aliphatic heterocycles. The van der Waals surface area contributed by atoms with Gasteiger partial charge in [0, 0.05) is 19.0 Å². The molecule has 0 spiro atoms. The molecule has 5 aromatic rings. The quantitative estimate of drug-likeness (QED) is 0.178. The minimum atomic E-state index is 0. The fourth-order valence-electron chi connectivity index (χ4n) is 5.72. The number of pyridine rings is 1. The van der Waals surface area contributed by atoms with E-state index in [-0.39, 0.29) is 19.2 Å². The van der Waals surface area contributed by atoms with Crippen LogP contribution in [0.2, 0.25) is 0 Å². The number of anilines is 1. The molecule has 43 heavy (non-hydrogen) atoms. The summed E-state index contributed by atoms with van der Waals surface area (Å²) in [5, 5.41) is 6.61. The number of hydrogen-bond acceptors (Lipinski definition) is 8. The van der Waals surface area contributed by atoms with Crippen molar-refractivity contribution >= 4 is 37.5 Å². The van der Waals surface area contributed by atoms with Crippen molar-refractivity contribution in [1.82, 2.24) is 4.98 Å². The van der Waals surface area contributed by atoms with Gasteiger partial charge in [-0.1, -0.05) is 11.3 Å². The number of rotatable bonds is 11. The zero-order chi connectivity index (χ0) is 28.5. The number of benzene rings is 3. The lowest BCUT2D eigenvalue weighted by molar-refractivity contribution is -0.686. The van der Waals surface area contributed by atoms with Crippen LogP contribution in [0, 0.1) is 0 Å². The van der Waals surface area contributed by atoms with Crippen LogP contribution in [0.1, 0.15) is 31.7 Å². The first-order chi connectivity index (χ1) is 20.7. The van der Waals surface area contributed by atoms with Gasteiger partial charge < -0.3 is 41.4 Å². The van der Waals surface area contributed by atoms with Crippen LogP contribution in [0.15, 0.2) is 54.7 Å². The largest absolute Gasteiger partial charge is 1.00 e. The average molecular weight is 620 g/mol. The first-order valence-electron chi connectivity index (χ1n) is 14.6. The number of fused-ring (bicyclic) bond motifs is 6. The fourth-order valence-corrected chi connectivity index (χ4v) is 6.64. The molecular weight excluding hydrogens is 586 g/mol. The third-order valence-corrected chi connectivity index (χ3v) is 8.79. The number of nitrogens with zero attached hydrogens (tertiary/aromatic N) is 2. The van der Waals surface area contributed by atoms with Gasteiger partial charge in [0.25, 0.3) is 0 Å². The highest BCUT2D eigenvalue weighted by molar-refractivity contribution is 7.22. The Kier molecular flexibility index (Phi) is 8.63. The number of ether oxygens (including phenoxy) is 5. The lowest BCUT2D eigenvalue weighted by atomic mass is 9.95. The van der Waals surface area contributed by atoms with Crippen molar-refractivity contribution in [2.45, 2.75) is 39.2 Å². The number of thiazole rings is 1. The maximum Gasteiger partial charge on any atom is 0.231 e. The molecule has 0 saturated heterocycles. The highest BCUT2D eigenvalue weighted by Crippen LogP contribution is 2.41. The second-order valence-electron chi connectivity index (χ2n) is 10.5. The Bertz CT molecular complexity index is 1780. The standard InChI is InChI=1S/C33H34N3O5S.ClH/c1-3-38-23-8-9-26-31(17-23)42-33(35-26)34-12-5-4-6-14-39-32-25-19-36-13-11-22-16-29-30(41-20-40-29)18-24(22)27(36)15-21(25)7-10-28(32)37-2;/h7-10,15-19H,3-6,11-14,20H2,1-2H3,(H,34,35);1H/q+1;/p-1. The minimum Gasteiger partial charge on any atom is -1.00 e. The first-order valence-corrected chi connectivity index (χ1v) is 15.4. The summed E-state index contributed by atoms with van der Waals surface area (Å²) in [7, 11) is 1.70. The van der Waals surface area contributed by atoms with Crippen molar-refractivity contribution in [2.75, 3.05) is 39.0 Å². The third kappa shape index (κ3) is 5.84. The normalized spacial score (nSPS) is 12.9. The van der Waals surface area contributed by atoms with Gasteiger partial charge in [-0.3, -0.25) is 0 Å². The maximum atomic E-state index is 6.38. The van der Waals surface area contributed by atoms with Gasteiger partial charge in [0.05, 0.1) is 41.5 Å². The van der Waals surface area contributed by atoms with Crippen LogP contribution in [-0.2, 0) is 13.0 Å². The summed E-state index contributed by atoms with van der Waals surface area (Å²) in [6.07, 6.45) is 6.19. The summed E-state index contributed by atoms with van der Waals surface area (Å²) in [6.45, 7) is 5.34. The summed E-state index contributed by atoms with van der Waals surface area (Å²) in [6, 6.07) is 16.6. The van der Waals surface area contributed by atoms with Gasteiger partial charge in [-0.05, 0) is 79.6 Å². The number of halogens is 1. The van der Waals surface area contributed by atoms with E-state index >= 15 is 0 Å². The molecule has 8 nitrogen and oxygen atoms in total. The SMILES string of the molecule is CCOc1ccc2nc(NCCCCCOc3c(OC)ccc4cc5[n+](cc34)CCc3cc4c(cc3-5)OCO4)sc2c1.[Cl-]. The summed E-state index contributed by atoms with van der Waals surface area (Å²) in [4.78, 5) is 4.69. The molecule has 3 aromatic carbocycles. The molecule has 2 aliphatic rings. The molecule has 0 bridgehead atoms. The number of methoxy groups -OCH3 is 1. The Hall–Kier alpha value is -3.95.